The molecule has 10 heteroatoms. The molecule has 2 aromatic heterocycles. The molecule has 0 aliphatic rings. The van der Waals surface area contributed by atoms with E-state index >= 15 is 0 Å². The van der Waals surface area contributed by atoms with Crippen LogP contribution in [0.2, 0.25) is 0 Å². The van der Waals surface area contributed by atoms with Crippen molar-refractivity contribution in [3.8, 4) is 0 Å². The number of amides is 2. The SMILES string of the molecule is Cc1ccc(NC(=O)c2ccco2)cc1NC(=S)NC(=O)c1ccc2nsnc2c1. The van der Waals surface area contributed by atoms with Gasteiger partial charge < -0.3 is 15.1 Å². The first-order valence-corrected chi connectivity index (χ1v) is 9.93. The van der Waals surface area contributed by atoms with Crippen molar-refractivity contribution in [2.24, 2.45) is 0 Å². The van der Waals surface area contributed by atoms with Crippen LogP contribution >= 0.6 is 23.9 Å². The maximum absolute atomic E-state index is 12.5. The van der Waals surface area contributed by atoms with Gasteiger partial charge in [-0.3, -0.25) is 14.9 Å². The Balaban J connectivity index is 1.43. The minimum Gasteiger partial charge on any atom is -0.459 e. The second-order valence-electron chi connectivity index (χ2n) is 6.34. The molecule has 0 radical (unpaired) electrons. The lowest BCUT2D eigenvalue weighted by molar-refractivity contribution is 0.0975. The number of fused-ring (bicyclic) bond motifs is 1. The van der Waals surface area contributed by atoms with E-state index in [2.05, 4.69) is 24.7 Å². The maximum atomic E-state index is 12.5. The highest BCUT2D eigenvalue weighted by atomic mass is 32.1. The van der Waals surface area contributed by atoms with Crippen molar-refractivity contribution in [1.82, 2.24) is 14.1 Å². The lowest BCUT2D eigenvalue weighted by Gasteiger charge is -2.13. The molecule has 3 N–H and O–H groups in total. The highest BCUT2D eigenvalue weighted by Gasteiger charge is 2.13. The zero-order valence-corrected chi connectivity index (χ0v) is 17.3. The van der Waals surface area contributed by atoms with Crippen LogP contribution in [0.3, 0.4) is 0 Å². The van der Waals surface area contributed by atoms with Crippen molar-refractivity contribution in [2.45, 2.75) is 6.92 Å². The number of carbonyl (C=O) groups excluding carboxylic acids is 2. The number of aromatic nitrogens is 2. The summed E-state index contributed by atoms with van der Waals surface area (Å²) in [5, 5.41) is 8.52. The smallest absolute Gasteiger partial charge is 0.291 e. The molecule has 30 heavy (non-hydrogen) atoms. The van der Waals surface area contributed by atoms with E-state index in [4.69, 9.17) is 16.6 Å². The molecule has 4 aromatic rings. The molecule has 0 unspecified atom stereocenters. The minimum atomic E-state index is -0.363. The summed E-state index contributed by atoms with van der Waals surface area (Å²) in [4.78, 5) is 24.6. The predicted molar refractivity (Wildman–Crippen MR) is 119 cm³/mol. The number of furan rings is 1. The summed E-state index contributed by atoms with van der Waals surface area (Å²) < 4.78 is 13.3. The average Bonchev–Trinajstić information content (AvgIpc) is 3.41. The zero-order chi connectivity index (χ0) is 21.1. The predicted octanol–water partition coefficient (Wildman–Crippen LogP) is 3.97. The van der Waals surface area contributed by atoms with Crippen LogP contribution in [0.25, 0.3) is 11.0 Å². The lowest BCUT2D eigenvalue weighted by atomic mass is 10.1. The molecular formula is C20H15N5O3S2. The molecule has 2 aromatic carbocycles. The third kappa shape index (κ3) is 4.34. The minimum absolute atomic E-state index is 0.133. The van der Waals surface area contributed by atoms with Gasteiger partial charge in [0.05, 0.1) is 18.0 Å². The lowest BCUT2D eigenvalue weighted by Crippen LogP contribution is -2.34. The van der Waals surface area contributed by atoms with Gasteiger partial charge in [-0.25, -0.2) is 0 Å². The summed E-state index contributed by atoms with van der Waals surface area (Å²) in [6, 6.07) is 13.6. The number of aryl methyl sites for hydroxylation is 1. The van der Waals surface area contributed by atoms with E-state index < -0.39 is 0 Å². The van der Waals surface area contributed by atoms with Gasteiger partial charge in [0.1, 0.15) is 11.0 Å². The number of benzene rings is 2. The quantitative estimate of drug-likeness (QED) is 0.415. The van der Waals surface area contributed by atoms with Crippen LogP contribution in [-0.4, -0.2) is 25.7 Å². The summed E-state index contributed by atoms with van der Waals surface area (Å²) in [6.07, 6.45) is 1.43. The average molecular weight is 438 g/mol. The van der Waals surface area contributed by atoms with Gasteiger partial charge in [-0.1, -0.05) is 6.07 Å². The third-order valence-corrected chi connectivity index (χ3v) is 4.99. The van der Waals surface area contributed by atoms with Gasteiger partial charge in [-0.15, -0.1) is 0 Å². The van der Waals surface area contributed by atoms with Gasteiger partial charge in [0.15, 0.2) is 10.9 Å². The van der Waals surface area contributed by atoms with Crippen LogP contribution in [0.5, 0.6) is 0 Å². The van der Waals surface area contributed by atoms with Crippen molar-refractivity contribution in [1.29, 1.82) is 0 Å². The van der Waals surface area contributed by atoms with E-state index in [1.54, 1.807) is 42.5 Å². The Morgan fingerprint density at radius 3 is 2.63 bits per heavy atom. The summed E-state index contributed by atoms with van der Waals surface area (Å²) in [6.45, 7) is 1.88. The topological polar surface area (TPSA) is 109 Å². The third-order valence-electron chi connectivity index (χ3n) is 4.23. The first kappa shape index (κ1) is 19.7. The summed E-state index contributed by atoms with van der Waals surface area (Å²) >= 11 is 6.37. The molecule has 150 valence electrons. The van der Waals surface area contributed by atoms with Gasteiger partial charge in [-0.05, 0) is 67.2 Å². The molecule has 4 rings (SSSR count). The first-order chi connectivity index (χ1) is 14.5. The molecule has 8 nitrogen and oxygen atoms in total. The summed E-state index contributed by atoms with van der Waals surface area (Å²) in [7, 11) is 0. The molecule has 0 bridgehead atoms. The Hall–Kier alpha value is -3.63. The molecule has 0 saturated heterocycles. The number of rotatable bonds is 4. The van der Waals surface area contributed by atoms with Gasteiger partial charge in [0.2, 0.25) is 0 Å². The Morgan fingerprint density at radius 1 is 1.00 bits per heavy atom. The monoisotopic (exact) mass is 437 g/mol. The molecule has 2 amide bonds. The first-order valence-electron chi connectivity index (χ1n) is 8.80. The van der Waals surface area contributed by atoms with E-state index in [0.29, 0.717) is 22.5 Å². The highest BCUT2D eigenvalue weighted by Crippen LogP contribution is 2.21. The van der Waals surface area contributed by atoms with Crippen molar-refractivity contribution in [2.75, 3.05) is 10.6 Å². The molecule has 0 atom stereocenters. The van der Waals surface area contributed by atoms with Crippen LogP contribution in [0.1, 0.15) is 26.5 Å². The normalized spacial score (nSPS) is 10.6. The Bertz CT molecular complexity index is 1250. The molecule has 0 fully saturated rings. The zero-order valence-electron chi connectivity index (χ0n) is 15.6. The number of hydrogen-bond acceptors (Lipinski definition) is 7. The van der Waals surface area contributed by atoms with E-state index in [9.17, 15) is 9.59 Å². The Labute approximate surface area is 180 Å². The Morgan fingerprint density at radius 2 is 1.83 bits per heavy atom. The molecule has 0 spiro atoms. The number of carbonyl (C=O) groups is 2. The number of nitrogens with one attached hydrogen (secondary N) is 3. The van der Waals surface area contributed by atoms with Crippen LogP contribution in [-0.2, 0) is 0 Å². The number of nitrogens with zero attached hydrogens (tertiary/aromatic N) is 2. The van der Waals surface area contributed by atoms with Gasteiger partial charge in [-0.2, -0.15) is 8.75 Å². The van der Waals surface area contributed by atoms with Crippen molar-refractivity contribution in [3.63, 3.8) is 0 Å². The summed E-state index contributed by atoms with van der Waals surface area (Å²) in [5.41, 5.74) is 3.91. The van der Waals surface area contributed by atoms with E-state index in [-0.39, 0.29) is 22.7 Å². The fourth-order valence-electron chi connectivity index (χ4n) is 2.69. The fourth-order valence-corrected chi connectivity index (χ4v) is 3.41. The van der Waals surface area contributed by atoms with Crippen molar-refractivity contribution < 1.29 is 14.0 Å². The molecular weight excluding hydrogens is 422 g/mol. The number of thiocarbonyl (C=S) groups is 1. The van der Waals surface area contributed by atoms with Crippen LogP contribution in [0.4, 0.5) is 11.4 Å². The van der Waals surface area contributed by atoms with Gasteiger partial charge in [0.25, 0.3) is 11.8 Å². The van der Waals surface area contributed by atoms with Crippen LogP contribution in [0, 0.1) is 6.92 Å². The van der Waals surface area contributed by atoms with E-state index in [1.165, 1.54) is 6.26 Å². The van der Waals surface area contributed by atoms with Crippen LogP contribution in [0.15, 0.2) is 59.2 Å². The highest BCUT2D eigenvalue weighted by molar-refractivity contribution is 7.80. The fraction of sp³-hybridized carbons (Fsp3) is 0.0500. The maximum Gasteiger partial charge on any atom is 0.291 e. The van der Waals surface area contributed by atoms with E-state index in [0.717, 1.165) is 22.8 Å². The van der Waals surface area contributed by atoms with Crippen molar-refractivity contribution in [3.05, 3.63) is 71.7 Å². The van der Waals surface area contributed by atoms with Gasteiger partial charge in [0, 0.05) is 16.9 Å². The second-order valence-corrected chi connectivity index (χ2v) is 7.27. The van der Waals surface area contributed by atoms with E-state index in [1.807, 2.05) is 13.0 Å². The Kier molecular flexibility index (Phi) is 5.50. The standard InChI is InChI=1S/C20H15N5O3S2/c1-11-4-6-13(21-19(27)17-3-2-8-28-17)10-15(11)22-20(29)23-18(26)12-5-7-14-16(9-12)25-30-24-14/h2-10H,1H3,(H,21,27)(H2,22,23,26,29). The molecule has 2 heterocycles. The summed E-state index contributed by atoms with van der Waals surface area (Å²) in [5.74, 6) is -0.514. The molecule has 0 saturated carbocycles. The van der Waals surface area contributed by atoms with Crippen molar-refractivity contribution >= 4 is 63.3 Å². The second kappa shape index (κ2) is 8.39. The number of anilines is 2. The largest absolute Gasteiger partial charge is 0.459 e. The van der Waals surface area contributed by atoms with Crippen LogP contribution < -0.4 is 16.0 Å². The molecule has 0 aliphatic heterocycles. The number of hydrogen-bond donors (Lipinski definition) is 3. The molecule has 0 aliphatic carbocycles. The van der Waals surface area contributed by atoms with Gasteiger partial charge >= 0.3 is 0 Å².